The largest absolute Gasteiger partial charge is 0.486 e. The number of rotatable bonds is 67. The van der Waals surface area contributed by atoms with Gasteiger partial charge in [-0.2, -0.15) is 0 Å². The van der Waals surface area contributed by atoms with Crippen molar-refractivity contribution in [1.29, 1.82) is 0 Å². The quantitative estimate of drug-likeness (QED) is 0.0423. The van der Waals surface area contributed by atoms with Crippen molar-refractivity contribution in [3.05, 3.63) is 29.8 Å². The van der Waals surface area contributed by atoms with Crippen molar-refractivity contribution in [3.8, 4) is 5.75 Å². The highest BCUT2D eigenvalue weighted by molar-refractivity contribution is 5.92. The number of amides is 6. The molecule has 530 valence electrons. The maximum Gasteiger partial charge on any atom is 0.243 e. The maximum absolute atomic E-state index is 14.2. The Bertz CT molecular complexity index is 2040. The molecule has 0 saturated carbocycles. The average molecular weight is 1310 g/mol. The summed E-state index contributed by atoms with van der Waals surface area (Å²) in [6.07, 6.45) is 9.59. The molecule has 0 fully saturated rings. The van der Waals surface area contributed by atoms with Crippen molar-refractivity contribution in [1.82, 2.24) is 31.9 Å². The number of Topliss-reactive ketones (excluding diaryl/α,β-unsaturated/α-hetero) is 2. The van der Waals surface area contributed by atoms with Gasteiger partial charge < -0.3 is 84.0 Å². The zero-order valence-electron chi connectivity index (χ0n) is 56.6. The van der Waals surface area contributed by atoms with Gasteiger partial charge >= 0.3 is 0 Å². The van der Waals surface area contributed by atoms with Gasteiger partial charge in [0.15, 0.2) is 5.78 Å². The maximum atomic E-state index is 14.2. The summed E-state index contributed by atoms with van der Waals surface area (Å²) >= 11 is 0. The Morgan fingerprint density at radius 1 is 0.326 bits per heavy atom. The van der Waals surface area contributed by atoms with E-state index in [1.807, 2.05) is 58.9 Å². The van der Waals surface area contributed by atoms with Crippen molar-refractivity contribution in [2.45, 2.75) is 188 Å². The molecule has 3 atom stereocenters. The van der Waals surface area contributed by atoms with Crippen LogP contribution in [0.5, 0.6) is 5.75 Å². The van der Waals surface area contributed by atoms with Crippen LogP contribution in [0.25, 0.3) is 0 Å². The molecule has 0 aliphatic heterocycles. The van der Waals surface area contributed by atoms with Crippen molar-refractivity contribution in [3.63, 3.8) is 0 Å². The van der Waals surface area contributed by atoms with Crippen LogP contribution in [-0.2, 0) is 85.7 Å². The van der Waals surface area contributed by atoms with E-state index < -0.39 is 41.8 Å². The number of nitrogens with one attached hydrogen (secondary N) is 6. The minimum absolute atomic E-state index is 0.0115. The van der Waals surface area contributed by atoms with Gasteiger partial charge in [-0.05, 0) is 103 Å². The minimum Gasteiger partial charge on any atom is -0.486 e. The van der Waals surface area contributed by atoms with Gasteiger partial charge in [-0.1, -0.05) is 58.2 Å². The lowest BCUT2D eigenvalue weighted by Gasteiger charge is -2.24. The zero-order chi connectivity index (χ0) is 67.2. The smallest absolute Gasteiger partial charge is 0.243 e. The van der Waals surface area contributed by atoms with E-state index in [1.165, 1.54) is 0 Å². The van der Waals surface area contributed by atoms with E-state index in [0.717, 1.165) is 31.2 Å². The van der Waals surface area contributed by atoms with Crippen LogP contribution in [0.15, 0.2) is 24.3 Å². The predicted octanol–water partition coefficient (Wildman–Crippen LogP) is 5.75. The second kappa shape index (κ2) is 61.9. The molecule has 92 heavy (non-hydrogen) atoms. The van der Waals surface area contributed by atoms with E-state index in [9.17, 15) is 38.4 Å². The molecule has 0 radical (unpaired) electrons. The molecule has 0 aliphatic rings. The van der Waals surface area contributed by atoms with E-state index in [2.05, 4.69) is 31.9 Å². The van der Waals surface area contributed by atoms with Gasteiger partial charge in [0.1, 0.15) is 36.3 Å². The average Bonchev–Trinajstić information content (AvgIpc) is 1.79. The molecule has 6 amide bonds. The van der Waals surface area contributed by atoms with Gasteiger partial charge in [0.2, 0.25) is 35.4 Å². The third kappa shape index (κ3) is 52.2. The zero-order valence-corrected chi connectivity index (χ0v) is 56.6. The normalized spacial score (nSPS) is 12.2. The van der Waals surface area contributed by atoms with E-state index in [0.29, 0.717) is 175 Å². The van der Waals surface area contributed by atoms with E-state index in [1.54, 1.807) is 0 Å². The fraction of sp³-hybridized carbons (Fsp3) is 0.791. The van der Waals surface area contributed by atoms with Crippen molar-refractivity contribution >= 4 is 47.0 Å². The minimum atomic E-state index is -1.04. The molecular formula is C67H118N6O19. The molecule has 6 N–H and O–H groups in total. The standard InChI is InChI=1S/C67H118N6O19/c1-6-34-82-44-49-87-39-27-56(74)18-11-10-12-20-61(72-64(78)30-42-90-52-47-85-37-9-4)67(81)73-60(66(80)70-33-43-91-53-48-86-38-17-19-57(75)54-92-58-25-23-55(5)24-26-58)22-14-16-32-69-65(79)59(71-63(77)29-41-89-51-46-84-36-8-3)21-13-15-31-68-62(76)28-40-88-50-45-83-35-7-2/h23-26,59-61H,6-22,27-54H2,1-5H3,(H,68,76)(H,69,79)(H,70,80)(H,71,77)(H,72,78)(H,73,81)/t59-,60-,61-/m0/s1. The highest BCUT2D eigenvalue weighted by atomic mass is 16.5. The van der Waals surface area contributed by atoms with Crippen LogP contribution in [0.1, 0.15) is 168 Å². The van der Waals surface area contributed by atoms with Crippen LogP contribution < -0.4 is 36.6 Å². The summed E-state index contributed by atoms with van der Waals surface area (Å²) in [7, 11) is 0. The Labute approximate surface area is 549 Å². The summed E-state index contributed by atoms with van der Waals surface area (Å²) in [5.41, 5.74) is 1.10. The van der Waals surface area contributed by atoms with Crippen LogP contribution in [0.4, 0.5) is 0 Å². The molecule has 0 aliphatic carbocycles. The summed E-state index contributed by atoms with van der Waals surface area (Å²) in [5.74, 6) is -1.67. The second-order valence-electron chi connectivity index (χ2n) is 22.2. The SMILES string of the molecule is CCCOCCOCCC(=O)CCCCC[C@H](NC(=O)CCOCCOCCC)C(=O)N[C@@H](CCCCNC(=O)[C@H](CCCCNC(=O)CCOCCOCCC)NC(=O)CCOCCOCCC)C(=O)NCCOCCOCCCC(=O)COc1ccc(C)cc1. The molecule has 25 heteroatoms. The summed E-state index contributed by atoms with van der Waals surface area (Å²) in [5, 5.41) is 17.2. The number of carbonyl (C=O) groups is 8. The molecule has 0 unspecified atom stereocenters. The first-order valence-corrected chi connectivity index (χ1v) is 34.0. The predicted molar refractivity (Wildman–Crippen MR) is 349 cm³/mol. The first kappa shape index (κ1) is 84.8. The Morgan fingerprint density at radius 2 is 0.707 bits per heavy atom. The second-order valence-corrected chi connectivity index (χ2v) is 22.2. The van der Waals surface area contributed by atoms with Crippen molar-refractivity contribution in [2.75, 3.05) is 158 Å². The molecule has 25 nitrogen and oxygen atoms in total. The molecule has 0 bridgehead atoms. The number of aryl methyl sites for hydroxylation is 1. The molecule has 1 rings (SSSR count). The third-order valence-electron chi connectivity index (χ3n) is 13.8. The fourth-order valence-electron chi connectivity index (χ4n) is 8.66. The van der Waals surface area contributed by atoms with Gasteiger partial charge in [0.05, 0.1) is 99.1 Å². The summed E-state index contributed by atoms with van der Waals surface area (Å²) in [6, 6.07) is 4.58. The summed E-state index contributed by atoms with van der Waals surface area (Å²) in [6.45, 7) is 18.3. The van der Waals surface area contributed by atoms with Gasteiger partial charge in [-0.15, -0.1) is 0 Å². The molecule has 0 saturated heterocycles. The van der Waals surface area contributed by atoms with Gasteiger partial charge in [-0.3, -0.25) is 38.4 Å². The van der Waals surface area contributed by atoms with Crippen molar-refractivity contribution in [2.24, 2.45) is 0 Å². The number of carbonyl (C=O) groups excluding carboxylic acids is 8. The van der Waals surface area contributed by atoms with Crippen LogP contribution >= 0.6 is 0 Å². The van der Waals surface area contributed by atoms with Crippen LogP contribution in [-0.4, -0.2) is 224 Å². The molecule has 1 aromatic carbocycles. The fourth-order valence-corrected chi connectivity index (χ4v) is 8.66. The Hall–Kier alpha value is -5.22. The van der Waals surface area contributed by atoms with Gasteiger partial charge in [0, 0.05) is 91.2 Å². The lowest BCUT2D eigenvalue weighted by molar-refractivity contribution is -0.132. The number of hydrogen-bond donors (Lipinski definition) is 6. The number of unbranched alkanes of at least 4 members (excludes halogenated alkanes) is 4. The van der Waals surface area contributed by atoms with Crippen LogP contribution in [0, 0.1) is 6.92 Å². The molecule has 0 spiro atoms. The lowest BCUT2D eigenvalue weighted by Crippen LogP contribution is -2.54. The monoisotopic (exact) mass is 1310 g/mol. The van der Waals surface area contributed by atoms with E-state index in [4.69, 9.17) is 52.1 Å². The highest BCUT2D eigenvalue weighted by Gasteiger charge is 2.27. The Kier molecular flexibility index (Phi) is 57.1. The number of ketones is 2. The molecule has 1 aromatic rings. The number of hydrogen-bond acceptors (Lipinski definition) is 19. The lowest BCUT2D eigenvalue weighted by atomic mass is 10.0. The molecular weight excluding hydrogens is 1190 g/mol. The van der Waals surface area contributed by atoms with E-state index in [-0.39, 0.29) is 121 Å². The topological polar surface area (TPSA) is 310 Å². The van der Waals surface area contributed by atoms with Crippen molar-refractivity contribution < 1.29 is 90.5 Å². The van der Waals surface area contributed by atoms with Gasteiger partial charge in [0.25, 0.3) is 0 Å². The third-order valence-corrected chi connectivity index (χ3v) is 13.8. The molecule has 0 aromatic heterocycles. The number of benzene rings is 1. The summed E-state index contributed by atoms with van der Waals surface area (Å²) in [4.78, 5) is 106. The molecule has 0 heterocycles. The van der Waals surface area contributed by atoms with Crippen LogP contribution in [0.2, 0.25) is 0 Å². The first-order chi connectivity index (χ1) is 44.8. The summed E-state index contributed by atoms with van der Waals surface area (Å²) < 4.78 is 60.9. The van der Waals surface area contributed by atoms with Gasteiger partial charge in [-0.25, -0.2) is 0 Å². The highest BCUT2D eigenvalue weighted by Crippen LogP contribution is 2.13. The first-order valence-electron chi connectivity index (χ1n) is 34.0. The van der Waals surface area contributed by atoms with E-state index >= 15 is 0 Å². The number of ether oxygens (including phenoxy) is 11. The Morgan fingerprint density at radius 3 is 1.20 bits per heavy atom. The Balaban J connectivity index is 3.03. The van der Waals surface area contributed by atoms with Crippen LogP contribution in [0.3, 0.4) is 0 Å².